The Morgan fingerprint density at radius 3 is 2.47 bits per heavy atom. The van der Waals surface area contributed by atoms with Gasteiger partial charge in [0.15, 0.2) is 5.88 Å². The van der Waals surface area contributed by atoms with E-state index in [1.165, 1.54) is 0 Å². The summed E-state index contributed by atoms with van der Waals surface area (Å²) in [6.45, 7) is 10.7. The summed E-state index contributed by atoms with van der Waals surface area (Å²) in [7, 11) is 0. The van der Waals surface area contributed by atoms with E-state index in [1.807, 2.05) is 40.7 Å². The van der Waals surface area contributed by atoms with Crippen LogP contribution in [0.5, 0.6) is 0 Å². The van der Waals surface area contributed by atoms with Crippen molar-refractivity contribution in [2.75, 3.05) is 0 Å². The minimum Gasteiger partial charge on any atom is -0.444 e. The summed E-state index contributed by atoms with van der Waals surface area (Å²) >= 11 is 0. The van der Waals surface area contributed by atoms with Gasteiger partial charge in [-0.2, -0.15) is 5.26 Å². The third-order valence-corrected chi connectivity index (χ3v) is 6.76. The maximum absolute atomic E-state index is 12.0. The van der Waals surface area contributed by atoms with E-state index in [-0.39, 0.29) is 47.5 Å². The number of carbonyl (C=O) groups is 1. The smallest absolute Gasteiger partial charge is 0.407 e. The fourth-order valence-electron chi connectivity index (χ4n) is 5.15. The topological polar surface area (TPSA) is 167 Å². The van der Waals surface area contributed by atoms with E-state index in [0.717, 1.165) is 0 Å². The van der Waals surface area contributed by atoms with Crippen LogP contribution in [0.3, 0.4) is 0 Å². The molecule has 1 unspecified atom stereocenters. The van der Waals surface area contributed by atoms with Crippen LogP contribution in [0, 0.1) is 40.4 Å². The Labute approximate surface area is 224 Å². The first-order valence-corrected chi connectivity index (χ1v) is 12.6. The highest BCUT2D eigenvalue weighted by molar-refractivity contribution is 6.00. The van der Waals surface area contributed by atoms with E-state index in [4.69, 9.17) is 26.4 Å². The van der Waals surface area contributed by atoms with Crippen LogP contribution in [0.1, 0.15) is 71.1 Å². The minimum atomic E-state index is -1.16. The summed E-state index contributed by atoms with van der Waals surface area (Å²) < 4.78 is 10.8. The number of nitriles is 1. The molecule has 1 saturated carbocycles. The van der Waals surface area contributed by atoms with Crippen LogP contribution in [-0.2, 0) is 21.5 Å². The van der Waals surface area contributed by atoms with Gasteiger partial charge < -0.3 is 36.8 Å². The van der Waals surface area contributed by atoms with Crippen molar-refractivity contribution in [3.8, 4) is 17.9 Å². The van der Waals surface area contributed by atoms with Gasteiger partial charge in [-0.25, -0.2) is 4.79 Å². The molecule has 202 valence electrons. The summed E-state index contributed by atoms with van der Waals surface area (Å²) in [5.41, 5.74) is 13.2. The number of aliphatic hydroxyl groups excluding tert-OH is 1. The van der Waals surface area contributed by atoms with Crippen LogP contribution in [-0.4, -0.2) is 28.6 Å². The molecule has 1 heterocycles. The van der Waals surface area contributed by atoms with Gasteiger partial charge in [0.05, 0.1) is 12.0 Å². The summed E-state index contributed by atoms with van der Waals surface area (Å²) in [4.78, 5) is 12.0. The second-order valence-electron chi connectivity index (χ2n) is 11.1. The van der Waals surface area contributed by atoms with Gasteiger partial charge in [0.2, 0.25) is 5.88 Å². The summed E-state index contributed by atoms with van der Waals surface area (Å²) in [5.74, 6) is 6.18. The highest BCUT2D eigenvalue weighted by Gasteiger charge is 2.50. The van der Waals surface area contributed by atoms with Crippen LogP contribution in [0.15, 0.2) is 41.1 Å². The van der Waals surface area contributed by atoms with Crippen LogP contribution in [0.2, 0.25) is 0 Å². The van der Waals surface area contributed by atoms with Gasteiger partial charge in [0.25, 0.3) is 0 Å². The number of nitrogens with two attached hydrogens (primary N) is 2. The van der Waals surface area contributed by atoms with Crippen molar-refractivity contribution in [1.82, 2.24) is 5.32 Å². The molecule has 1 fully saturated rings. The third-order valence-electron chi connectivity index (χ3n) is 6.76. The predicted octanol–water partition coefficient (Wildman–Crippen LogP) is 3.66. The zero-order valence-electron chi connectivity index (χ0n) is 22.9. The number of amides is 1. The van der Waals surface area contributed by atoms with Crippen LogP contribution < -0.4 is 16.8 Å². The number of carbonyl (C=O) groups excluding carboxylic acids is 1. The van der Waals surface area contributed by atoms with Crippen LogP contribution >= 0.6 is 0 Å². The number of allylic oxidation sites excluding steroid dienone is 2. The lowest BCUT2D eigenvalue weighted by molar-refractivity contribution is 0.0467. The number of alkyl carbamates (subject to hydrolysis) is 1. The first-order valence-electron chi connectivity index (χ1n) is 12.6. The lowest BCUT2D eigenvalue weighted by atomic mass is 9.60. The third kappa shape index (κ3) is 5.64. The van der Waals surface area contributed by atoms with Gasteiger partial charge in [0.1, 0.15) is 17.2 Å². The molecule has 1 atom stereocenters. The molecule has 1 aliphatic heterocycles. The molecule has 3 rings (SSSR count). The molecule has 38 heavy (non-hydrogen) atoms. The van der Waals surface area contributed by atoms with Crippen LogP contribution in [0.25, 0.3) is 0 Å². The van der Waals surface area contributed by atoms with Gasteiger partial charge >= 0.3 is 6.09 Å². The SMILES string of the molecule is CC(=N)C1=C(N)OC(N)=C(C#N)C1(c1cc(C#C[C@H]2C[C@@H](NC(=O)OC(C)(C)C)C2)cc(CO)c1)C(C)C. The van der Waals surface area contributed by atoms with E-state index >= 15 is 0 Å². The number of benzene rings is 1. The van der Waals surface area contributed by atoms with E-state index < -0.39 is 17.1 Å². The molecular formula is C29H37N5O4. The number of rotatable bonds is 5. The summed E-state index contributed by atoms with van der Waals surface area (Å²) in [6, 6.07) is 7.64. The second-order valence-corrected chi connectivity index (χ2v) is 11.1. The van der Waals surface area contributed by atoms with E-state index in [2.05, 4.69) is 23.2 Å². The molecule has 0 radical (unpaired) electrons. The Morgan fingerprint density at radius 1 is 1.29 bits per heavy atom. The number of ether oxygens (including phenoxy) is 2. The quantitative estimate of drug-likeness (QED) is 0.292. The molecule has 7 N–H and O–H groups in total. The van der Waals surface area contributed by atoms with Crippen molar-refractivity contribution in [2.45, 2.75) is 78.0 Å². The largest absolute Gasteiger partial charge is 0.444 e. The van der Waals surface area contributed by atoms with Crippen molar-refractivity contribution < 1.29 is 19.4 Å². The molecule has 0 spiro atoms. The van der Waals surface area contributed by atoms with E-state index in [1.54, 1.807) is 19.1 Å². The van der Waals surface area contributed by atoms with Gasteiger partial charge in [-0.1, -0.05) is 31.8 Å². The van der Waals surface area contributed by atoms with Crippen molar-refractivity contribution in [1.29, 1.82) is 10.7 Å². The molecule has 0 bridgehead atoms. The molecule has 1 amide bonds. The molecule has 9 nitrogen and oxygen atoms in total. The molecule has 0 saturated heterocycles. The monoisotopic (exact) mass is 519 g/mol. The maximum atomic E-state index is 12.0. The highest BCUT2D eigenvalue weighted by atomic mass is 16.6. The zero-order valence-corrected chi connectivity index (χ0v) is 22.9. The van der Waals surface area contributed by atoms with Gasteiger partial charge in [-0.05, 0) is 69.7 Å². The Morgan fingerprint density at radius 2 is 1.95 bits per heavy atom. The Kier molecular flexibility index (Phi) is 8.14. The molecule has 0 aromatic heterocycles. The van der Waals surface area contributed by atoms with Crippen molar-refractivity contribution >= 4 is 11.8 Å². The minimum absolute atomic E-state index is 0.00692. The molecule has 9 heteroatoms. The standard InChI is InChI=1S/C29H37N5O4/c1-16(2)29(23(14-30)25(32)37-26(33)24(29)17(3)31)21-10-18(9-20(11-21)15-35)7-8-19-12-22(13-19)34-27(36)38-28(4,5)6/h9-11,16,19,22,31,35H,12-13,15,32-33H2,1-6H3,(H,34,36)/t19-,22+,29?. The maximum Gasteiger partial charge on any atom is 0.407 e. The summed E-state index contributed by atoms with van der Waals surface area (Å²) in [6.07, 6.45) is 0.982. The Bertz CT molecular complexity index is 1300. The number of nitrogens with one attached hydrogen (secondary N) is 2. The molecule has 2 aliphatic rings. The fraction of sp³-hybridized carbons (Fsp3) is 0.483. The number of aliphatic hydroxyl groups is 1. The number of hydrogen-bond donors (Lipinski definition) is 5. The van der Waals surface area contributed by atoms with Crippen LogP contribution in [0.4, 0.5) is 4.79 Å². The van der Waals surface area contributed by atoms with Gasteiger partial charge in [-0.15, -0.1) is 0 Å². The normalized spacial score (nSPS) is 23.0. The fourth-order valence-corrected chi connectivity index (χ4v) is 5.15. The molecular weight excluding hydrogens is 482 g/mol. The average Bonchev–Trinajstić information content (AvgIpc) is 2.77. The second kappa shape index (κ2) is 10.8. The van der Waals surface area contributed by atoms with E-state index in [9.17, 15) is 15.2 Å². The summed E-state index contributed by atoms with van der Waals surface area (Å²) in [5, 5.41) is 31.5. The van der Waals surface area contributed by atoms with Gasteiger partial charge in [0, 0.05) is 28.8 Å². The first-order chi connectivity index (χ1) is 17.7. The highest BCUT2D eigenvalue weighted by Crippen LogP contribution is 2.50. The zero-order chi connectivity index (χ0) is 28.4. The predicted molar refractivity (Wildman–Crippen MR) is 144 cm³/mol. The van der Waals surface area contributed by atoms with Crippen molar-refractivity contribution in [3.63, 3.8) is 0 Å². The molecule has 1 aromatic rings. The van der Waals surface area contributed by atoms with Gasteiger partial charge in [-0.3, -0.25) is 0 Å². The van der Waals surface area contributed by atoms with E-state index in [0.29, 0.717) is 35.1 Å². The van der Waals surface area contributed by atoms with Crippen molar-refractivity contribution in [3.05, 3.63) is 57.8 Å². The first kappa shape index (κ1) is 28.6. The molecule has 1 aromatic carbocycles. The lowest BCUT2D eigenvalue weighted by Crippen LogP contribution is -2.45. The van der Waals surface area contributed by atoms with Crippen molar-refractivity contribution in [2.24, 2.45) is 23.3 Å². The Balaban J connectivity index is 1.97. The average molecular weight is 520 g/mol. The lowest BCUT2D eigenvalue weighted by Gasteiger charge is -2.43. The molecule has 1 aliphatic carbocycles. The Hall–Kier alpha value is -3.95. The number of hydrogen-bond acceptors (Lipinski definition) is 8. The number of nitrogens with zero attached hydrogens (tertiary/aromatic N) is 1.